The molecular weight excluding hydrogens is 370 g/mol. The predicted molar refractivity (Wildman–Crippen MR) is 117 cm³/mol. The maximum absolute atomic E-state index is 12.1. The highest BCUT2D eigenvalue weighted by Gasteiger charge is 2.24. The van der Waals surface area contributed by atoms with Crippen LogP contribution in [0.1, 0.15) is 80.1 Å². The Morgan fingerprint density at radius 2 is 1.69 bits per heavy atom. The second-order valence-electron chi connectivity index (χ2n) is 9.29. The number of hydrogen-bond donors (Lipinski definition) is 4. The maximum Gasteiger partial charge on any atom is 0.408 e. The molecule has 0 saturated heterocycles. The highest BCUT2D eigenvalue weighted by atomic mass is 16.6. The summed E-state index contributed by atoms with van der Waals surface area (Å²) in [7, 11) is 0. The van der Waals surface area contributed by atoms with Gasteiger partial charge in [-0.3, -0.25) is 9.79 Å². The quantitative estimate of drug-likeness (QED) is 0.363. The summed E-state index contributed by atoms with van der Waals surface area (Å²) in [5.41, 5.74) is -1.11. The van der Waals surface area contributed by atoms with Crippen molar-refractivity contribution in [1.82, 2.24) is 21.3 Å². The van der Waals surface area contributed by atoms with Crippen molar-refractivity contribution < 1.29 is 14.3 Å². The lowest BCUT2D eigenvalue weighted by Crippen LogP contribution is -2.49. The van der Waals surface area contributed by atoms with Gasteiger partial charge in [-0.05, 0) is 54.4 Å². The monoisotopic (exact) mass is 411 g/mol. The average Bonchev–Trinajstić information content (AvgIpc) is 2.58. The number of carbonyl (C=O) groups is 2. The minimum Gasteiger partial charge on any atom is -0.444 e. The average molecular weight is 412 g/mol. The van der Waals surface area contributed by atoms with Gasteiger partial charge in [-0.2, -0.15) is 0 Å². The largest absolute Gasteiger partial charge is 0.444 e. The Kier molecular flexibility index (Phi) is 10.3. The summed E-state index contributed by atoms with van der Waals surface area (Å²) in [6.45, 7) is 12.8. The molecule has 0 aromatic carbocycles. The Balaban J connectivity index is 2.43. The topological polar surface area (TPSA) is 104 Å². The molecule has 1 aliphatic carbocycles. The molecule has 0 atom stereocenters. The Labute approximate surface area is 176 Å². The van der Waals surface area contributed by atoms with E-state index in [9.17, 15) is 9.59 Å². The van der Waals surface area contributed by atoms with Gasteiger partial charge in [-0.15, -0.1) is 0 Å². The third-order valence-electron chi connectivity index (χ3n) is 4.43. The second kappa shape index (κ2) is 11.9. The first-order chi connectivity index (χ1) is 13.5. The maximum atomic E-state index is 12.1. The van der Waals surface area contributed by atoms with Crippen LogP contribution in [-0.2, 0) is 9.53 Å². The van der Waals surface area contributed by atoms with E-state index in [1.54, 1.807) is 0 Å². The molecule has 0 aromatic heterocycles. The number of nitrogens with zero attached hydrogens (tertiary/aromatic N) is 1. The first-order valence-electron chi connectivity index (χ1n) is 10.8. The van der Waals surface area contributed by atoms with Crippen molar-refractivity contribution in [3.63, 3.8) is 0 Å². The third kappa shape index (κ3) is 12.2. The Hall–Kier alpha value is -1.99. The molecule has 168 valence electrons. The van der Waals surface area contributed by atoms with Crippen LogP contribution in [0.25, 0.3) is 0 Å². The summed E-state index contributed by atoms with van der Waals surface area (Å²) in [6, 6.07) is 0.331. The van der Waals surface area contributed by atoms with E-state index in [-0.39, 0.29) is 5.91 Å². The molecular formula is C21H41N5O3. The lowest BCUT2D eigenvalue weighted by molar-refractivity contribution is -0.121. The van der Waals surface area contributed by atoms with Gasteiger partial charge in [-0.1, -0.05) is 19.3 Å². The summed E-state index contributed by atoms with van der Waals surface area (Å²) in [6.07, 6.45) is 5.79. The molecule has 1 rings (SSSR count). The first kappa shape index (κ1) is 25.0. The summed E-state index contributed by atoms with van der Waals surface area (Å²) >= 11 is 0. The van der Waals surface area contributed by atoms with E-state index in [4.69, 9.17) is 4.74 Å². The zero-order valence-corrected chi connectivity index (χ0v) is 19.1. The van der Waals surface area contributed by atoms with Crippen molar-refractivity contribution in [2.45, 2.75) is 97.2 Å². The molecule has 0 radical (unpaired) electrons. The Bertz CT molecular complexity index is 549. The number of carbonyl (C=O) groups excluding carboxylic acids is 2. The zero-order chi connectivity index (χ0) is 21.9. The van der Waals surface area contributed by atoms with Crippen molar-refractivity contribution in [3.8, 4) is 0 Å². The van der Waals surface area contributed by atoms with Crippen LogP contribution < -0.4 is 21.3 Å². The van der Waals surface area contributed by atoms with Gasteiger partial charge in [0.2, 0.25) is 5.91 Å². The molecule has 4 N–H and O–H groups in total. The van der Waals surface area contributed by atoms with Gasteiger partial charge >= 0.3 is 6.09 Å². The minimum atomic E-state index is -0.566. The van der Waals surface area contributed by atoms with Gasteiger partial charge in [0.25, 0.3) is 0 Å². The lowest BCUT2D eigenvalue weighted by atomic mass is 9.95. The molecule has 0 spiro atoms. The molecule has 2 amide bonds. The van der Waals surface area contributed by atoms with E-state index < -0.39 is 17.2 Å². The molecule has 0 aliphatic heterocycles. The number of nitrogens with one attached hydrogen (secondary N) is 4. The zero-order valence-electron chi connectivity index (χ0n) is 19.1. The number of hydrogen-bond acceptors (Lipinski definition) is 4. The molecule has 1 aliphatic rings. The third-order valence-corrected chi connectivity index (χ3v) is 4.43. The predicted octanol–water partition coefficient (Wildman–Crippen LogP) is 2.68. The van der Waals surface area contributed by atoms with Crippen LogP contribution in [0.15, 0.2) is 4.99 Å². The van der Waals surface area contributed by atoms with E-state index in [2.05, 4.69) is 26.3 Å². The fourth-order valence-electron chi connectivity index (χ4n) is 3.08. The molecule has 1 fully saturated rings. The van der Waals surface area contributed by atoms with Gasteiger partial charge in [0.05, 0.1) is 12.1 Å². The summed E-state index contributed by atoms with van der Waals surface area (Å²) in [4.78, 5) is 28.7. The number of amides is 2. The molecule has 29 heavy (non-hydrogen) atoms. The molecule has 0 heterocycles. The summed E-state index contributed by atoms with van der Waals surface area (Å²) in [5, 5.41) is 12.3. The van der Waals surface area contributed by atoms with Gasteiger partial charge in [0.1, 0.15) is 5.60 Å². The summed E-state index contributed by atoms with van der Waals surface area (Å²) < 4.78 is 5.31. The Morgan fingerprint density at radius 3 is 2.28 bits per heavy atom. The van der Waals surface area contributed by atoms with E-state index in [0.29, 0.717) is 38.1 Å². The van der Waals surface area contributed by atoms with Crippen molar-refractivity contribution in [3.05, 3.63) is 0 Å². The number of alkyl carbamates (subject to hydrolysis) is 1. The molecule has 8 heteroatoms. The van der Waals surface area contributed by atoms with E-state index in [1.807, 2.05) is 41.5 Å². The number of rotatable bonds is 8. The van der Waals surface area contributed by atoms with E-state index in [0.717, 1.165) is 12.8 Å². The van der Waals surface area contributed by atoms with Crippen LogP contribution in [0.5, 0.6) is 0 Å². The fraction of sp³-hybridized carbons (Fsp3) is 0.857. The minimum absolute atomic E-state index is 0.0761. The highest BCUT2D eigenvalue weighted by molar-refractivity contribution is 5.81. The first-order valence-corrected chi connectivity index (χ1v) is 10.8. The van der Waals surface area contributed by atoms with Crippen molar-refractivity contribution >= 4 is 18.0 Å². The standard InChI is InChI=1S/C21H41N5O3/c1-7-22-18(23-14-13-17(27)25-16-11-9-8-10-12-16)24-15-21(5,6)26-19(28)29-20(2,3)4/h16H,7-15H2,1-6H3,(H,25,27)(H,26,28)(H2,22,23,24). The second-order valence-corrected chi connectivity index (χ2v) is 9.29. The lowest BCUT2D eigenvalue weighted by Gasteiger charge is -2.27. The number of ether oxygens (including phenoxy) is 1. The van der Waals surface area contributed by atoms with Crippen molar-refractivity contribution in [1.29, 1.82) is 0 Å². The fourth-order valence-corrected chi connectivity index (χ4v) is 3.08. The number of aliphatic imine (C=N–C) groups is 1. The van der Waals surface area contributed by atoms with Gasteiger partial charge in [-0.25, -0.2) is 4.79 Å². The van der Waals surface area contributed by atoms with E-state index in [1.165, 1.54) is 19.3 Å². The van der Waals surface area contributed by atoms with Crippen LogP contribution in [0.3, 0.4) is 0 Å². The van der Waals surface area contributed by atoms with E-state index >= 15 is 0 Å². The molecule has 0 bridgehead atoms. The van der Waals surface area contributed by atoms with Crippen LogP contribution in [0.2, 0.25) is 0 Å². The van der Waals surface area contributed by atoms with Gasteiger partial charge < -0.3 is 26.0 Å². The molecule has 1 saturated carbocycles. The SMILES string of the molecule is CCNC(=NCC(C)(C)NC(=O)OC(C)(C)C)NCCC(=O)NC1CCCCC1. The Morgan fingerprint density at radius 1 is 1.03 bits per heavy atom. The van der Waals surface area contributed by atoms with Crippen molar-refractivity contribution in [2.75, 3.05) is 19.6 Å². The van der Waals surface area contributed by atoms with Crippen LogP contribution in [0, 0.1) is 0 Å². The van der Waals surface area contributed by atoms with Crippen LogP contribution in [-0.4, -0.2) is 54.8 Å². The van der Waals surface area contributed by atoms with Gasteiger partial charge in [0, 0.05) is 25.6 Å². The number of guanidine groups is 1. The van der Waals surface area contributed by atoms with Crippen LogP contribution >= 0.6 is 0 Å². The summed E-state index contributed by atoms with van der Waals surface area (Å²) in [5.74, 6) is 0.698. The van der Waals surface area contributed by atoms with Gasteiger partial charge in [0.15, 0.2) is 5.96 Å². The molecule has 0 unspecified atom stereocenters. The normalized spacial score (nSPS) is 16.1. The smallest absolute Gasteiger partial charge is 0.408 e. The highest BCUT2D eigenvalue weighted by Crippen LogP contribution is 2.17. The molecule has 0 aromatic rings. The van der Waals surface area contributed by atoms with Crippen LogP contribution in [0.4, 0.5) is 4.79 Å². The van der Waals surface area contributed by atoms with Crippen molar-refractivity contribution in [2.24, 2.45) is 4.99 Å². The molecule has 8 nitrogen and oxygen atoms in total.